The summed E-state index contributed by atoms with van der Waals surface area (Å²) < 4.78 is 1.81. The average molecular weight is 229 g/mol. The molecular weight excluding hydrogens is 225 g/mol. The summed E-state index contributed by atoms with van der Waals surface area (Å²) in [7, 11) is 0. The molecule has 0 saturated carbocycles. The van der Waals surface area contributed by atoms with Gasteiger partial charge in [0, 0.05) is 17.6 Å². The molecule has 55 valence electrons. The van der Waals surface area contributed by atoms with Gasteiger partial charge >= 0.3 is 0 Å². The third-order valence-corrected chi connectivity index (χ3v) is 2.45. The van der Waals surface area contributed by atoms with Crippen LogP contribution in [0, 0.1) is 6.07 Å². The van der Waals surface area contributed by atoms with Crippen molar-refractivity contribution in [3.8, 4) is 0 Å². The molecule has 0 spiro atoms. The first-order chi connectivity index (χ1) is 5.29. The molecule has 0 atom stereocenters. The molecule has 0 fully saturated rings. The van der Waals surface area contributed by atoms with Crippen LogP contribution in [0.4, 0.5) is 0 Å². The molecule has 0 N–H and O–H groups in total. The molecule has 1 aromatic heterocycles. The molecule has 0 aliphatic heterocycles. The van der Waals surface area contributed by atoms with E-state index in [9.17, 15) is 0 Å². The fraction of sp³-hybridized carbons (Fsp3) is 0. The maximum Gasteiger partial charge on any atom is 0.0612 e. The number of hydrogen-bond donors (Lipinski definition) is 0. The van der Waals surface area contributed by atoms with E-state index in [1.54, 1.807) is 6.20 Å². The number of halogens is 2. The molecule has 1 radical (unpaired) electrons. The van der Waals surface area contributed by atoms with Gasteiger partial charge in [0.1, 0.15) is 0 Å². The van der Waals surface area contributed by atoms with Gasteiger partial charge in [-0.1, -0.05) is 17.7 Å². The lowest BCUT2D eigenvalue weighted by Crippen LogP contribution is -1.73. The van der Waals surface area contributed by atoms with E-state index < -0.39 is 0 Å². The van der Waals surface area contributed by atoms with Gasteiger partial charge in [-0.3, -0.25) is 3.59 Å². The second-order valence-corrected chi connectivity index (χ2v) is 3.39. The Bertz CT molecular complexity index is 394. The van der Waals surface area contributed by atoms with Crippen molar-refractivity contribution in [1.82, 2.24) is 3.59 Å². The minimum absolute atomic E-state index is 0.737. The smallest absolute Gasteiger partial charge is 0.0612 e. The van der Waals surface area contributed by atoms with Gasteiger partial charge in [0.25, 0.3) is 0 Å². The summed E-state index contributed by atoms with van der Waals surface area (Å²) in [5, 5.41) is 1.69. The average Bonchev–Trinajstić information content (AvgIpc) is 2.35. The highest BCUT2D eigenvalue weighted by molar-refractivity contribution is 9.08. The Hall–Kier alpha value is -0.470. The summed E-state index contributed by atoms with van der Waals surface area (Å²) >= 11 is 9.23. The van der Waals surface area contributed by atoms with Crippen LogP contribution >= 0.6 is 27.7 Å². The largest absolute Gasteiger partial charge is 0.283 e. The van der Waals surface area contributed by atoms with Gasteiger partial charge in [-0.2, -0.15) is 0 Å². The summed E-state index contributed by atoms with van der Waals surface area (Å²) in [5.74, 6) is 0. The summed E-state index contributed by atoms with van der Waals surface area (Å²) in [4.78, 5) is 0. The quantitative estimate of drug-likeness (QED) is 0.653. The van der Waals surface area contributed by atoms with Crippen LogP contribution in [0.25, 0.3) is 10.9 Å². The molecule has 2 aromatic rings. The topological polar surface area (TPSA) is 4.93 Å². The second-order valence-electron chi connectivity index (χ2n) is 2.22. The van der Waals surface area contributed by atoms with E-state index >= 15 is 0 Å². The van der Waals surface area contributed by atoms with Gasteiger partial charge in [-0.15, -0.1) is 0 Å². The van der Waals surface area contributed by atoms with Crippen LogP contribution in [0.3, 0.4) is 0 Å². The van der Waals surface area contributed by atoms with Crippen LogP contribution in [-0.4, -0.2) is 3.59 Å². The Labute approximate surface area is 77.9 Å². The van der Waals surface area contributed by atoms with Gasteiger partial charge in [-0.25, -0.2) is 0 Å². The Kier molecular flexibility index (Phi) is 1.66. The number of rotatable bonds is 0. The fourth-order valence-corrected chi connectivity index (χ4v) is 1.65. The van der Waals surface area contributed by atoms with E-state index in [0.717, 1.165) is 15.9 Å². The number of nitrogens with zero attached hydrogens (tertiary/aromatic N) is 1. The van der Waals surface area contributed by atoms with Crippen molar-refractivity contribution in [2.45, 2.75) is 0 Å². The van der Waals surface area contributed by atoms with Crippen LogP contribution in [0.2, 0.25) is 5.02 Å². The van der Waals surface area contributed by atoms with Gasteiger partial charge in [0.15, 0.2) is 0 Å². The van der Waals surface area contributed by atoms with Crippen molar-refractivity contribution in [1.29, 1.82) is 0 Å². The Balaban J connectivity index is 2.94. The van der Waals surface area contributed by atoms with Crippen molar-refractivity contribution >= 4 is 38.7 Å². The first-order valence-corrected chi connectivity index (χ1v) is 4.21. The van der Waals surface area contributed by atoms with Gasteiger partial charge < -0.3 is 0 Å². The third-order valence-electron chi connectivity index (χ3n) is 1.54. The predicted molar refractivity (Wildman–Crippen MR) is 50.1 cm³/mol. The van der Waals surface area contributed by atoms with Crippen molar-refractivity contribution in [2.24, 2.45) is 0 Å². The lowest BCUT2D eigenvalue weighted by Gasteiger charge is -1.93. The monoisotopic (exact) mass is 228 g/mol. The molecule has 1 aromatic carbocycles. The van der Waals surface area contributed by atoms with E-state index in [0.29, 0.717) is 0 Å². The normalized spacial score (nSPS) is 10.7. The molecule has 1 heterocycles. The number of hydrogen-bond acceptors (Lipinski definition) is 0. The predicted octanol–water partition coefficient (Wildman–Crippen LogP) is 3.25. The maximum absolute atomic E-state index is 5.90. The van der Waals surface area contributed by atoms with E-state index in [2.05, 4.69) is 22.2 Å². The van der Waals surface area contributed by atoms with Gasteiger partial charge in [0.05, 0.1) is 26.7 Å². The second kappa shape index (κ2) is 2.54. The highest BCUT2D eigenvalue weighted by atomic mass is 79.9. The highest BCUT2D eigenvalue weighted by Gasteiger charge is 2.00. The van der Waals surface area contributed by atoms with Crippen molar-refractivity contribution < 1.29 is 0 Å². The molecule has 2 rings (SSSR count). The lowest BCUT2D eigenvalue weighted by atomic mass is 10.2. The van der Waals surface area contributed by atoms with Gasteiger partial charge in [-0.05, 0) is 12.1 Å². The molecule has 0 aliphatic carbocycles. The zero-order valence-corrected chi connectivity index (χ0v) is 7.85. The molecule has 0 aliphatic rings. The van der Waals surface area contributed by atoms with Crippen LogP contribution in [0.1, 0.15) is 0 Å². The molecule has 11 heavy (non-hydrogen) atoms. The molecule has 0 amide bonds. The Morgan fingerprint density at radius 1 is 1.45 bits per heavy atom. The highest BCUT2D eigenvalue weighted by Crippen LogP contribution is 2.24. The Morgan fingerprint density at radius 3 is 3.00 bits per heavy atom. The third kappa shape index (κ3) is 1.06. The van der Waals surface area contributed by atoms with Crippen molar-refractivity contribution in [3.63, 3.8) is 0 Å². The zero-order chi connectivity index (χ0) is 7.84. The standard InChI is InChI=1S/C8H4BrClN/c9-11-5-4-6-7(10)2-1-3-8(6)11/h1-3,5H. The molecule has 1 nitrogen and oxygen atoms in total. The lowest BCUT2D eigenvalue weighted by molar-refractivity contribution is 1.39. The number of benzene rings is 1. The van der Waals surface area contributed by atoms with E-state index in [1.165, 1.54) is 0 Å². The molecule has 0 bridgehead atoms. The van der Waals surface area contributed by atoms with Gasteiger partial charge in [0.2, 0.25) is 0 Å². The van der Waals surface area contributed by atoms with E-state index in [-0.39, 0.29) is 0 Å². The van der Waals surface area contributed by atoms with Crippen molar-refractivity contribution in [2.75, 3.05) is 0 Å². The molecule has 3 heteroatoms. The first kappa shape index (κ1) is 7.19. The van der Waals surface area contributed by atoms with E-state index in [4.69, 9.17) is 11.6 Å². The van der Waals surface area contributed by atoms with Crippen LogP contribution in [0.5, 0.6) is 0 Å². The summed E-state index contributed by atoms with van der Waals surface area (Å²) in [6.07, 6.45) is 1.80. The minimum atomic E-state index is 0.737. The van der Waals surface area contributed by atoms with Crippen LogP contribution in [-0.2, 0) is 0 Å². The number of aromatic nitrogens is 1. The first-order valence-electron chi connectivity index (χ1n) is 3.12. The molecule has 0 saturated heterocycles. The number of fused-ring (bicyclic) bond motifs is 1. The van der Waals surface area contributed by atoms with Crippen molar-refractivity contribution in [3.05, 3.63) is 35.5 Å². The molecular formula is C8H4BrClN. The Morgan fingerprint density at radius 2 is 2.27 bits per heavy atom. The summed E-state index contributed by atoms with van der Waals surface area (Å²) in [6, 6.07) is 8.79. The fourth-order valence-electron chi connectivity index (χ4n) is 1.02. The summed E-state index contributed by atoms with van der Waals surface area (Å²) in [6.45, 7) is 0. The SMILES string of the molecule is Clc1cccc2c1[c]cn2Br. The maximum atomic E-state index is 5.90. The zero-order valence-electron chi connectivity index (χ0n) is 5.51. The van der Waals surface area contributed by atoms with E-state index in [1.807, 2.05) is 21.8 Å². The van der Waals surface area contributed by atoms with Crippen LogP contribution in [0.15, 0.2) is 24.4 Å². The minimum Gasteiger partial charge on any atom is -0.283 e. The molecule has 0 unspecified atom stereocenters. The van der Waals surface area contributed by atoms with Crippen LogP contribution < -0.4 is 0 Å². The summed E-state index contributed by atoms with van der Waals surface area (Å²) in [5.41, 5.74) is 1.04.